The SMILES string of the molecule is CN1CCCC(N(CCO)CC2CCCN2)C1. The standard InChI is InChI=1S/C13H27N3O/c1-15-7-3-5-13(11-15)16(8-9-17)10-12-4-2-6-14-12/h12-14,17H,2-11H2,1H3. The largest absolute Gasteiger partial charge is 0.395 e. The molecule has 0 bridgehead atoms. The highest BCUT2D eigenvalue weighted by atomic mass is 16.3. The first kappa shape index (κ1) is 13.3. The summed E-state index contributed by atoms with van der Waals surface area (Å²) >= 11 is 0. The lowest BCUT2D eigenvalue weighted by molar-refractivity contribution is 0.0861. The van der Waals surface area contributed by atoms with Gasteiger partial charge in [0.15, 0.2) is 0 Å². The van der Waals surface area contributed by atoms with Crippen molar-refractivity contribution in [3.05, 3.63) is 0 Å². The second-order valence-corrected chi connectivity index (χ2v) is 5.57. The summed E-state index contributed by atoms with van der Waals surface area (Å²) in [6.07, 6.45) is 5.19. The van der Waals surface area contributed by atoms with Gasteiger partial charge in [0.1, 0.15) is 0 Å². The number of likely N-dealkylation sites (N-methyl/N-ethyl adjacent to an activating group) is 1. The summed E-state index contributed by atoms with van der Waals surface area (Å²) in [5.41, 5.74) is 0. The zero-order valence-corrected chi connectivity index (χ0v) is 11.1. The molecule has 2 atom stereocenters. The number of nitrogens with one attached hydrogen (secondary N) is 1. The van der Waals surface area contributed by atoms with E-state index in [0.29, 0.717) is 12.1 Å². The first-order valence-electron chi connectivity index (χ1n) is 7.06. The van der Waals surface area contributed by atoms with Gasteiger partial charge < -0.3 is 15.3 Å². The quantitative estimate of drug-likeness (QED) is 0.717. The van der Waals surface area contributed by atoms with Crippen LogP contribution in [0.25, 0.3) is 0 Å². The second-order valence-electron chi connectivity index (χ2n) is 5.57. The molecule has 0 saturated carbocycles. The Labute approximate surface area is 105 Å². The fourth-order valence-corrected chi connectivity index (χ4v) is 3.18. The van der Waals surface area contributed by atoms with Crippen LogP contribution in [0.2, 0.25) is 0 Å². The van der Waals surface area contributed by atoms with Crippen LogP contribution in [-0.4, -0.2) is 73.4 Å². The average Bonchev–Trinajstić information content (AvgIpc) is 2.81. The lowest BCUT2D eigenvalue weighted by atomic mass is 10.0. The van der Waals surface area contributed by atoms with E-state index in [4.69, 9.17) is 0 Å². The molecule has 100 valence electrons. The van der Waals surface area contributed by atoms with Crippen LogP contribution in [0.15, 0.2) is 0 Å². The van der Waals surface area contributed by atoms with Crippen LogP contribution in [-0.2, 0) is 0 Å². The van der Waals surface area contributed by atoms with Crippen molar-refractivity contribution >= 4 is 0 Å². The van der Waals surface area contributed by atoms with E-state index in [9.17, 15) is 5.11 Å². The van der Waals surface area contributed by atoms with E-state index in [2.05, 4.69) is 22.2 Å². The maximum absolute atomic E-state index is 9.23. The first-order valence-corrected chi connectivity index (χ1v) is 7.06. The third-order valence-electron chi connectivity index (χ3n) is 4.12. The Balaban J connectivity index is 1.85. The number of hydrogen-bond acceptors (Lipinski definition) is 4. The van der Waals surface area contributed by atoms with Gasteiger partial charge in [0.05, 0.1) is 6.61 Å². The Kier molecular flexibility index (Phi) is 5.22. The summed E-state index contributed by atoms with van der Waals surface area (Å²) in [5, 5.41) is 12.8. The normalized spacial score (nSPS) is 31.2. The molecule has 4 heteroatoms. The van der Waals surface area contributed by atoms with Crippen molar-refractivity contribution in [3.63, 3.8) is 0 Å². The third kappa shape index (κ3) is 3.91. The molecule has 4 nitrogen and oxygen atoms in total. The summed E-state index contributed by atoms with van der Waals surface area (Å²) in [4.78, 5) is 4.92. The minimum absolute atomic E-state index is 0.285. The van der Waals surface area contributed by atoms with Crippen LogP contribution in [0.3, 0.4) is 0 Å². The predicted octanol–water partition coefficient (Wildman–Crippen LogP) is 0.127. The van der Waals surface area contributed by atoms with Gasteiger partial charge in [-0.3, -0.25) is 4.90 Å². The van der Waals surface area contributed by atoms with E-state index in [1.807, 2.05) is 0 Å². The van der Waals surface area contributed by atoms with Crippen LogP contribution in [0.5, 0.6) is 0 Å². The van der Waals surface area contributed by atoms with E-state index in [1.54, 1.807) is 0 Å². The summed E-state index contributed by atoms with van der Waals surface area (Å²) in [7, 11) is 2.21. The van der Waals surface area contributed by atoms with Gasteiger partial charge in [0, 0.05) is 31.7 Å². The Hall–Kier alpha value is -0.160. The summed E-state index contributed by atoms with van der Waals surface area (Å²) in [5.74, 6) is 0. The van der Waals surface area contributed by atoms with Crippen LogP contribution in [0.4, 0.5) is 0 Å². The molecule has 2 N–H and O–H groups in total. The van der Waals surface area contributed by atoms with Gasteiger partial charge in [-0.25, -0.2) is 0 Å². The molecule has 0 radical (unpaired) electrons. The van der Waals surface area contributed by atoms with E-state index >= 15 is 0 Å². The predicted molar refractivity (Wildman–Crippen MR) is 70.2 cm³/mol. The molecule has 2 unspecified atom stereocenters. The van der Waals surface area contributed by atoms with Crippen LogP contribution >= 0.6 is 0 Å². The molecule has 0 spiro atoms. The highest BCUT2D eigenvalue weighted by molar-refractivity contribution is 4.84. The van der Waals surface area contributed by atoms with Crippen molar-refractivity contribution in [1.29, 1.82) is 0 Å². The van der Waals surface area contributed by atoms with Crippen LogP contribution in [0.1, 0.15) is 25.7 Å². The number of likely N-dealkylation sites (tertiary alicyclic amines) is 1. The number of nitrogens with zero attached hydrogens (tertiary/aromatic N) is 2. The molecule has 2 aliphatic rings. The number of rotatable bonds is 5. The molecular formula is C13H27N3O. The van der Waals surface area contributed by atoms with Crippen molar-refractivity contribution in [3.8, 4) is 0 Å². The molecular weight excluding hydrogens is 214 g/mol. The average molecular weight is 241 g/mol. The van der Waals surface area contributed by atoms with Crippen molar-refractivity contribution in [1.82, 2.24) is 15.1 Å². The Morgan fingerprint density at radius 2 is 2.24 bits per heavy atom. The summed E-state index contributed by atoms with van der Waals surface area (Å²) < 4.78 is 0. The Morgan fingerprint density at radius 1 is 1.35 bits per heavy atom. The molecule has 2 heterocycles. The number of piperidine rings is 1. The molecule has 2 aliphatic heterocycles. The Bertz CT molecular complexity index is 219. The first-order chi connectivity index (χ1) is 8.29. The fraction of sp³-hybridized carbons (Fsp3) is 1.00. The van der Waals surface area contributed by atoms with Gasteiger partial charge in [-0.05, 0) is 45.8 Å². The molecule has 0 amide bonds. The van der Waals surface area contributed by atoms with E-state index in [-0.39, 0.29) is 6.61 Å². The third-order valence-corrected chi connectivity index (χ3v) is 4.12. The minimum atomic E-state index is 0.285. The van der Waals surface area contributed by atoms with Gasteiger partial charge in [-0.2, -0.15) is 0 Å². The van der Waals surface area contributed by atoms with Gasteiger partial charge in [-0.15, -0.1) is 0 Å². The topological polar surface area (TPSA) is 38.7 Å². The lowest BCUT2D eigenvalue weighted by Crippen LogP contribution is -2.51. The molecule has 0 aromatic heterocycles. The monoisotopic (exact) mass is 241 g/mol. The maximum Gasteiger partial charge on any atom is 0.0558 e. The van der Waals surface area contributed by atoms with Crippen molar-refractivity contribution < 1.29 is 5.11 Å². The highest BCUT2D eigenvalue weighted by Gasteiger charge is 2.26. The highest BCUT2D eigenvalue weighted by Crippen LogP contribution is 2.16. The zero-order chi connectivity index (χ0) is 12.1. The van der Waals surface area contributed by atoms with Crippen molar-refractivity contribution in [2.24, 2.45) is 0 Å². The molecule has 0 aliphatic carbocycles. The molecule has 2 rings (SSSR count). The van der Waals surface area contributed by atoms with E-state index in [1.165, 1.54) is 38.8 Å². The van der Waals surface area contributed by atoms with Crippen molar-refractivity contribution in [2.45, 2.75) is 37.8 Å². The van der Waals surface area contributed by atoms with Gasteiger partial charge in [-0.1, -0.05) is 0 Å². The van der Waals surface area contributed by atoms with Gasteiger partial charge in [0.2, 0.25) is 0 Å². The van der Waals surface area contributed by atoms with E-state index < -0.39 is 0 Å². The van der Waals surface area contributed by atoms with Crippen LogP contribution < -0.4 is 5.32 Å². The van der Waals surface area contributed by atoms with Gasteiger partial charge >= 0.3 is 0 Å². The summed E-state index contributed by atoms with van der Waals surface area (Å²) in [6, 6.07) is 1.29. The van der Waals surface area contributed by atoms with Gasteiger partial charge in [0.25, 0.3) is 0 Å². The fourth-order valence-electron chi connectivity index (χ4n) is 3.18. The number of hydrogen-bond donors (Lipinski definition) is 2. The molecule has 0 aromatic carbocycles. The molecule has 2 saturated heterocycles. The van der Waals surface area contributed by atoms with Crippen LogP contribution in [0, 0.1) is 0 Å². The lowest BCUT2D eigenvalue weighted by Gasteiger charge is -2.38. The molecule has 2 fully saturated rings. The molecule has 0 aromatic rings. The smallest absolute Gasteiger partial charge is 0.0558 e. The number of aliphatic hydroxyl groups excluding tert-OH is 1. The molecule has 17 heavy (non-hydrogen) atoms. The Morgan fingerprint density at radius 3 is 2.88 bits per heavy atom. The maximum atomic E-state index is 9.23. The minimum Gasteiger partial charge on any atom is -0.395 e. The summed E-state index contributed by atoms with van der Waals surface area (Å²) in [6.45, 7) is 5.78. The van der Waals surface area contributed by atoms with E-state index in [0.717, 1.165) is 19.6 Å². The zero-order valence-electron chi connectivity index (χ0n) is 11.1. The van der Waals surface area contributed by atoms with Crippen molar-refractivity contribution in [2.75, 3.05) is 46.4 Å². The second kappa shape index (κ2) is 6.69. The number of aliphatic hydroxyl groups is 1.